The summed E-state index contributed by atoms with van der Waals surface area (Å²) in [5.74, 6) is -1.97. The summed E-state index contributed by atoms with van der Waals surface area (Å²) >= 11 is 1.54. The highest BCUT2D eigenvalue weighted by atomic mass is 32.1. The molecule has 5 atom stereocenters. The van der Waals surface area contributed by atoms with Gasteiger partial charge in [-0.25, -0.2) is 9.37 Å². The number of β-amino-alcohol motifs (C(OH)–C–C–N with tert-alkyl or cyclic N) is 1. The topological polar surface area (TPSA) is 135 Å². The highest BCUT2D eigenvalue weighted by Crippen LogP contribution is 2.45. The zero-order valence-electron chi connectivity index (χ0n) is 25.2. The van der Waals surface area contributed by atoms with Crippen LogP contribution in [0, 0.1) is 34.5 Å². The molecule has 0 spiro atoms. The van der Waals surface area contributed by atoms with Crippen molar-refractivity contribution in [3.8, 4) is 16.5 Å². The van der Waals surface area contributed by atoms with Crippen molar-refractivity contribution in [2.45, 2.75) is 91.7 Å². The quantitative estimate of drug-likeness (QED) is 0.441. The van der Waals surface area contributed by atoms with Crippen molar-refractivity contribution in [1.29, 1.82) is 5.26 Å². The summed E-state index contributed by atoms with van der Waals surface area (Å²) in [5.41, 5.74) is 2.06. The number of amides is 3. The van der Waals surface area contributed by atoms with Gasteiger partial charge in [0.25, 0.3) is 0 Å². The highest BCUT2D eigenvalue weighted by molar-refractivity contribution is 7.13. The van der Waals surface area contributed by atoms with Gasteiger partial charge >= 0.3 is 0 Å². The Bertz CT molecular complexity index is 1380. The van der Waals surface area contributed by atoms with Crippen molar-refractivity contribution in [2.75, 3.05) is 6.54 Å². The summed E-state index contributed by atoms with van der Waals surface area (Å²) in [7, 11) is 0. The van der Waals surface area contributed by atoms with Gasteiger partial charge in [0.2, 0.25) is 17.7 Å². The van der Waals surface area contributed by atoms with E-state index in [1.54, 1.807) is 37.6 Å². The number of nitrogens with zero attached hydrogens (tertiary/aromatic N) is 3. The number of carbonyl (C=O) groups is 3. The predicted molar refractivity (Wildman–Crippen MR) is 158 cm³/mol. The van der Waals surface area contributed by atoms with Crippen molar-refractivity contribution >= 4 is 29.1 Å². The van der Waals surface area contributed by atoms with Gasteiger partial charge in [-0.05, 0) is 41.7 Å². The Kier molecular flexibility index (Phi) is 8.55. The minimum atomic E-state index is -2.02. The van der Waals surface area contributed by atoms with E-state index in [1.807, 2.05) is 58.0 Å². The fraction of sp³-hybridized carbons (Fsp3) is 0.581. The molecule has 9 nitrogen and oxygen atoms in total. The molecule has 1 aromatic heterocycles. The van der Waals surface area contributed by atoms with Crippen LogP contribution in [-0.4, -0.2) is 63.6 Å². The normalized spacial score (nSPS) is 23.0. The first-order valence-electron chi connectivity index (χ1n) is 14.2. The lowest BCUT2D eigenvalue weighted by Crippen LogP contribution is -2.59. The van der Waals surface area contributed by atoms with Gasteiger partial charge in [-0.3, -0.25) is 14.4 Å². The Morgan fingerprint density at radius 1 is 1.12 bits per heavy atom. The maximum atomic E-state index is 15.5. The number of thiazole rings is 1. The number of carbonyl (C=O) groups excluding carboxylic acids is 3. The lowest BCUT2D eigenvalue weighted by Gasteiger charge is -2.37. The van der Waals surface area contributed by atoms with Crippen LogP contribution >= 0.6 is 11.3 Å². The van der Waals surface area contributed by atoms with E-state index in [2.05, 4.69) is 15.6 Å². The van der Waals surface area contributed by atoms with E-state index in [0.29, 0.717) is 12.8 Å². The first-order valence-corrected chi connectivity index (χ1v) is 15.0. The third-order valence-corrected chi connectivity index (χ3v) is 9.11. The standard InChI is InChI=1S/C31H40FN5O4S/c1-17-23(42-16-34-17)18-8-10-19(11-9-18)24(29(2,3)4)35-26(39)22-21(32)20(38)14-37(22)27(40)25(30(5,6)7)36-28(41)31(15-33)12-13-31/h8-11,16,20-22,24-25,38H,12-14H2,1-7H3,(H,35,39)(H,36,41)/t20-,21-,22?,24?,25+/m0/s1. The monoisotopic (exact) mass is 597 g/mol. The van der Waals surface area contributed by atoms with Crippen molar-refractivity contribution in [2.24, 2.45) is 16.2 Å². The van der Waals surface area contributed by atoms with Crippen molar-refractivity contribution in [3.63, 3.8) is 0 Å². The number of likely N-dealkylation sites (tertiary alicyclic amines) is 1. The van der Waals surface area contributed by atoms with E-state index in [0.717, 1.165) is 26.6 Å². The Morgan fingerprint density at radius 3 is 2.21 bits per heavy atom. The summed E-state index contributed by atoms with van der Waals surface area (Å²) in [6.07, 6.45) is -2.78. The van der Waals surface area contributed by atoms with Crippen LogP contribution in [0.15, 0.2) is 29.8 Å². The van der Waals surface area contributed by atoms with Crippen LogP contribution in [-0.2, 0) is 14.4 Å². The third kappa shape index (κ3) is 6.20. The molecule has 2 aromatic rings. The summed E-state index contributed by atoms with van der Waals surface area (Å²) in [4.78, 5) is 46.9. The maximum absolute atomic E-state index is 15.5. The molecule has 1 aromatic carbocycles. The van der Waals surface area contributed by atoms with Crippen LogP contribution in [0.1, 0.15) is 71.7 Å². The summed E-state index contributed by atoms with van der Waals surface area (Å²) in [6.45, 7) is 12.6. The number of halogens is 1. The molecule has 1 saturated heterocycles. The van der Waals surface area contributed by atoms with Gasteiger partial charge in [-0.2, -0.15) is 5.26 Å². The van der Waals surface area contributed by atoms with Gasteiger partial charge in [0, 0.05) is 0 Å². The molecule has 1 aliphatic carbocycles. The molecule has 0 radical (unpaired) electrons. The molecule has 0 bridgehead atoms. The minimum absolute atomic E-state index is 0.396. The lowest BCUT2D eigenvalue weighted by molar-refractivity contribution is -0.145. The zero-order valence-corrected chi connectivity index (χ0v) is 26.0. The van der Waals surface area contributed by atoms with Crippen LogP contribution in [0.3, 0.4) is 0 Å². The second kappa shape index (κ2) is 11.4. The van der Waals surface area contributed by atoms with Crippen LogP contribution < -0.4 is 10.6 Å². The Morgan fingerprint density at radius 2 is 1.74 bits per heavy atom. The van der Waals surface area contributed by atoms with Crippen molar-refractivity contribution in [3.05, 3.63) is 41.0 Å². The number of aliphatic hydroxyl groups excluding tert-OH is 1. The number of aliphatic hydroxyl groups is 1. The van der Waals surface area contributed by atoms with E-state index in [4.69, 9.17) is 0 Å². The van der Waals surface area contributed by atoms with E-state index in [-0.39, 0.29) is 0 Å². The Hall–Kier alpha value is -3.36. The average Bonchev–Trinajstić information content (AvgIpc) is 3.51. The molecule has 226 valence electrons. The van der Waals surface area contributed by atoms with E-state index < -0.39 is 70.9 Å². The van der Waals surface area contributed by atoms with E-state index >= 15 is 4.39 Å². The number of aryl methyl sites for hydroxylation is 1. The molecule has 11 heteroatoms. The number of nitriles is 1. The summed E-state index contributed by atoms with van der Waals surface area (Å²) in [5, 5.41) is 25.6. The molecule has 2 unspecified atom stereocenters. The summed E-state index contributed by atoms with van der Waals surface area (Å²) in [6, 6.07) is 6.50. The second-order valence-electron chi connectivity index (χ2n) is 13.6. The molecule has 1 aliphatic heterocycles. The Labute approximate surface area is 250 Å². The third-order valence-electron chi connectivity index (χ3n) is 8.13. The number of hydrogen-bond acceptors (Lipinski definition) is 7. The number of aromatic nitrogens is 1. The van der Waals surface area contributed by atoms with Crippen molar-refractivity contribution in [1.82, 2.24) is 20.5 Å². The molecule has 3 amide bonds. The Balaban J connectivity index is 1.59. The molecule has 2 fully saturated rings. The van der Waals surface area contributed by atoms with Gasteiger partial charge in [-0.1, -0.05) is 65.8 Å². The fourth-order valence-corrected chi connectivity index (χ4v) is 6.15. The molecular formula is C31H40FN5O4S. The molecule has 2 heterocycles. The molecule has 4 rings (SSSR count). The fourth-order valence-electron chi connectivity index (χ4n) is 5.34. The van der Waals surface area contributed by atoms with Crippen LogP contribution in [0.5, 0.6) is 0 Å². The molecule has 1 saturated carbocycles. The van der Waals surface area contributed by atoms with Gasteiger partial charge < -0.3 is 20.6 Å². The number of benzene rings is 1. The van der Waals surface area contributed by atoms with Crippen molar-refractivity contribution < 1.29 is 23.9 Å². The minimum Gasteiger partial charge on any atom is -0.388 e. The van der Waals surface area contributed by atoms with Gasteiger partial charge in [0.15, 0.2) is 6.17 Å². The number of rotatable bonds is 7. The van der Waals surface area contributed by atoms with Gasteiger partial charge in [-0.15, -0.1) is 11.3 Å². The van der Waals surface area contributed by atoms with E-state index in [1.165, 1.54) is 0 Å². The van der Waals surface area contributed by atoms with Crippen LogP contribution in [0.2, 0.25) is 0 Å². The summed E-state index contributed by atoms with van der Waals surface area (Å²) < 4.78 is 15.5. The first kappa shape index (κ1) is 31.6. The zero-order chi connectivity index (χ0) is 31.2. The highest BCUT2D eigenvalue weighted by Gasteiger charge is 2.55. The molecule has 2 aliphatic rings. The van der Waals surface area contributed by atoms with E-state index in [9.17, 15) is 24.8 Å². The maximum Gasteiger partial charge on any atom is 0.246 e. The van der Waals surface area contributed by atoms with Gasteiger partial charge in [0.05, 0.1) is 34.7 Å². The first-order chi connectivity index (χ1) is 19.5. The predicted octanol–water partition coefficient (Wildman–Crippen LogP) is 4.07. The van der Waals surface area contributed by atoms with Crippen LogP contribution in [0.4, 0.5) is 4.39 Å². The second-order valence-corrected chi connectivity index (χ2v) is 14.5. The number of hydrogen-bond donors (Lipinski definition) is 3. The molecular weight excluding hydrogens is 557 g/mol. The lowest BCUT2D eigenvalue weighted by atomic mass is 9.81. The van der Waals surface area contributed by atoms with Crippen LogP contribution in [0.25, 0.3) is 10.4 Å². The van der Waals surface area contributed by atoms with Gasteiger partial charge in [0.1, 0.15) is 23.6 Å². The SMILES string of the molecule is Cc1ncsc1-c1ccc(C(NC(=O)C2[C@@H](F)[C@@H](O)CN2C(=O)[C@@H](NC(=O)C2(C#N)CC2)C(C)(C)C)C(C)(C)C)cc1. The number of nitrogens with one attached hydrogen (secondary N) is 2. The molecule has 42 heavy (non-hydrogen) atoms. The average molecular weight is 598 g/mol. The smallest absolute Gasteiger partial charge is 0.246 e. The largest absolute Gasteiger partial charge is 0.388 e. The molecule has 3 N–H and O–H groups in total. The number of alkyl halides is 1.